The highest BCUT2D eigenvalue weighted by atomic mass is 127. The van der Waals surface area contributed by atoms with Crippen molar-refractivity contribution < 1.29 is 19.1 Å². The number of amides is 3. The smallest absolute Gasteiger partial charge is 0.408 e. The van der Waals surface area contributed by atoms with Gasteiger partial charge in [0.15, 0.2) is 0 Å². The van der Waals surface area contributed by atoms with E-state index in [1.807, 2.05) is 42.5 Å². The topological polar surface area (TPSA) is 111 Å². The Morgan fingerprint density at radius 1 is 1.04 bits per heavy atom. The summed E-state index contributed by atoms with van der Waals surface area (Å²) in [7, 11) is 0. The van der Waals surface area contributed by atoms with Crippen molar-refractivity contribution in [3.8, 4) is 0 Å². The normalized spacial score (nSPS) is 11.3. The van der Waals surface area contributed by atoms with E-state index in [-0.39, 0.29) is 19.4 Å². The van der Waals surface area contributed by atoms with E-state index in [1.165, 1.54) is 0 Å². The highest BCUT2D eigenvalue weighted by Gasteiger charge is 2.22. The molecule has 0 heterocycles. The molecule has 27 heavy (non-hydrogen) atoms. The molecule has 0 radical (unpaired) electrons. The largest absolute Gasteiger partial charge is 0.445 e. The average Bonchev–Trinajstić information content (AvgIpc) is 2.66. The van der Waals surface area contributed by atoms with Crippen LogP contribution in [0.5, 0.6) is 0 Å². The molecule has 0 aliphatic carbocycles. The number of alkyl carbamates (subject to hydrolysis) is 1. The lowest BCUT2D eigenvalue weighted by molar-refractivity contribution is -0.119. The number of primary amides is 1. The number of carbonyl (C=O) groups is 3. The van der Waals surface area contributed by atoms with Crippen molar-refractivity contribution in [2.75, 3.05) is 5.32 Å². The van der Waals surface area contributed by atoms with Gasteiger partial charge < -0.3 is 21.1 Å². The molecule has 0 saturated carbocycles. The van der Waals surface area contributed by atoms with Gasteiger partial charge in [0.25, 0.3) is 0 Å². The van der Waals surface area contributed by atoms with Crippen LogP contribution in [-0.4, -0.2) is 23.9 Å². The summed E-state index contributed by atoms with van der Waals surface area (Å²) in [5, 5.41) is 5.20. The molecule has 0 saturated heterocycles. The van der Waals surface area contributed by atoms with Gasteiger partial charge in [0.2, 0.25) is 11.8 Å². The van der Waals surface area contributed by atoms with Gasteiger partial charge in [-0.15, -0.1) is 0 Å². The van der Waals surface area contributed by atoms with Gasteiger partial charge in [0.05, 0.1) is 0 Å². The molecule has 1 atom stereocenters. The highest BCUT2D eigenvalue weighted by Crippen LogP contribution is 2.12. The van der Waals surface area contributed by atoms with Crippen molar-refractivity contribution in [1.82, 2.24) is 5.32 Å². The summed E-state index contributed by atoms with van der Waals surface area (Å²) < 4.78 is 6.16. The van der Waals surface area contributed by atoms with E-state index in [0.717, 1.165) is 9.13 Å². The van der Waals surface area contributed by atoms with Crippen molar-refractivity contribution in [3.63, 3.8) is 0 Å². The van der Waals surface area contributed by atoms with Gasteiger partial charge in [0.1, 0.15) is 12.6 Å². The first-order valence-electron chi connectivity index (χ1n) is 8.26. The Kier molecular flexibility index (Phi) is 8.05. The molecule has 7 nitrogen and oxygen atoms in total. The second-order valence-corrected chi connectivity index (χ2v) is 7.01. The van der Waals surface area contributed by atoms with Crippen LogP contribution in [0.3, 0.4) is 0 Å². The zero-order valence-electron chi connectivity index (χ0n) is 14.5. The van der Waals surface area contributed by atoms with Gasteiger partial charge in [-0.3, -0.25) is 9.59 Å². The molecule has 1 unspecified atom stereocenters. The Labute approximate surface area is 170 Å². The number of anilines is 1. The minimum absolute atomic E-state index is 0.0380. The van der Waals surface area contributed by atoms with Gasteiger partial charge in [-0.25, -0.2) is 4.79 Å². The number of rotatable bonds is 8. The molecule has 0 aliphatic heterocycles. The number of hydrogen-bond acceptors (Lipinski definition) is 4. The van der Waals surface area contributed by atoms with E-state index >= 15 is 0 Å². The van der Waals surface area contributed by atoms with Gasteiger partial charge in [-0.1, -0.05) is 30.3 Å². The highest BCUT2D eigenvalue weighted by molar-refractivity contribution is 14.1. The van der Waals surface area contributed by atoms with Crippen LogP contribution in [0, 0.1) is 3.57 Å². The van der Waals surface area contributed by atoms with Crippen molar-refractivity contribution >= 4 is 46.2 Å². The first-order chi connectivity index (χ1) is 12.9. The number of ether oxygens (including phenoxy) is 1. The molecule has 2 rings (SSSR count). The maximum atomic E-state index is 12.5. The van der Waals surface area contributed by atoms with Gasteiger partial charge >= 0.3 is 6.09 Å². The Bertz CT molecular complexity index is 781. The summed E-state index contributed by atoms with van der Waals surface area (Å²) in [6.45, 7) is 0.0773. The number of nitrogens with two attached hydrogens (primary N) is 1. The molecular weight excluding hydrogens is 461 g/mol. The Morgan fingerprint density at radius 3 is 2.33 bits per heavy atom. The van der Waals surface area contributed by atoms with Crippen LogP contribution >= 0.6 is 22.6 Å². The first-order valence-corrected chi connectivity index (χ1v) is 9.34. The molecular formula is C19H20IN3O4. The lowest BCUT2D eigenvalue weighted by atomic mass is 10.1. The number of nitrogens with one attached hydrogen (secondary N) is 2. The monoisotopic (exact) mass is 481 g/mol. The van der Waals surface area contributed by atoms with E-state index in [0.29, 0.717) is 5.69 Å². The third kappa shape index (κ3) is 7.65. The van der Waals surface area contributed by atoms with Crippen molar-refractivity contribution in [1.29, 1.82) is 0 Å². The van der Waals surface area contributed by atoms with E-state index < -0.39 is 23.9 Å². The standard InChI is InChI=1S/C19H20IN3O4/c20-14-6-8-15(9-7-14)22-18(25)16(10-11-17(21)24)23-19(26)27-12-13-4-2-1-3-5-13/h1-9,16H,10-12H2,(H2,21,24)(H,22,25)(H,23,26). The first kappa shape index (κ1) is 20.7. The number of benzene rings is 2. The third-order valence-corrected chi connectivity index (χ3v) is 4.33. The van der Waals surface area contributed by atoms with Crippen LogP contribution in [0.1, 0.15) is 18.4 Å². The molecule has 4 N–H and O–H groups in total. The molecule has 142 valence electrons. The summed E-state index contributed by atoms with van der Waals surface area (Å²) in [6.07, 6.45) is -0.707. The van der Waals surface area contributed by atoms with E-state index in [4.69, 9.17) is 10.5 Å². The second-order valence-electron chi connectivity index (χ2n) is 5.76. The van der Waals surface area contributed by atoms with Crippen molar-refractivity contribution in [2.24, 2.45) is 5.73 Å². The quantitative estimate of drug-likeness (QED) is 0.504. The van der Waals surface area contributed by atoms with E-state index in [1.54, 1.807) is 12.1 Å². The SMILES string of the molecule is NC(=O)CCC(NC(=O)OCc1ccccc1)C(=O)Nc1ccc(I)cc1. The summed E-state index contributed by atoms with van der Waals surface area (Å²) >= 11 is 2.16. The fourth-order valence-corrected chi connectivity index (χ4v) is 2.58. The second kappa shape index (κ2) is 10.5. The number of hydrogen-bond donors (Lipinski definition) is 3. The Hall–Kier alpha value is -2.62. The van der Waals surface area contributed by atoms with Gasteiger partial charge in [-0.05, 0) is 58.8 Å². The predicted octanol–water partition coefficient (Wildman–Crippen LogP) is 2.79. The number of halogens is 1. The fraction of sp³-hybridized carbons (Fsp3) is 0.211. The van der Waals surface area contributed by atoms with Crippen LogP contribution in [0.25, 0.3) is 0 Å². The molecule has 0 aromatic heterocycles. The van der Waals surface area contributed by atoms with Crippen LogP contribution in [0.4, 0.5) is 10.5 Å². The molecule has 2 aromatic rings. The Morgan fingerprint density at radius 2 is 1.70 bits per heavy atom. The van der Waals surface area contributed by atoms with Crippen LogP contribution in [0.15, 0.2) is 54.6 Å². The predicted molar refractivity (Wildman–Crippen MR) is 110 cm³/mol. The summed E-state index contributed by atoms with van der Waals surface area (Å²) in [5.41, 5.74) is 6.57. The van der Waals surface area contributed by atoms with Gasteiger partial charge in [-0.2, -0.15) is 0 Å². The zero-order chi connectivity index (χ0) is 19.6. The summed E-state index contributed by atoms with van der Waals surface area (Å²) in [4.78, 5) is 35.6. The van der Waals surface area contributed by atoms with E-state index in [9.17, 15) is 14.4 Å². The Balaban J connectivity index is 1.95. The molecule has 8 heteroatoms. The summed E-state index contributed by atoms with van der Waals surface area (Å²) in [6, 6.07) is 15.4. The molecule has 2 aromatic carbocycles. The minimum Gasteiger partial charge on any atom is -0.445 e. The average molecular weight is 481 g/mol. The maximum Gasteiger partial charge on any atom is 0.408 e. The molecule has 0 aliphatic rings. The summed E-state index contributed by atoms with van der Waals surface area (Å²) in [5.74, 6) is -1.00. The van der Waals surface area contributed by atoms with E-state index in [2.05, 4.69) is 33.2 Å². The van der Waals surface area contributed by atoms with Crippen LogP contribution in [0.2, 0.25) is 0 Å². The molecule has 0 spiro atoms. The fourth-order valence-electron chi connectivity index (χ4n) is 2.23. The maximum absolute atomic E-state index is 12.5. The minimum atomic E-state index is -0.944. The van der Waals surface area contributed by atoms with Crippen molar-refractivity contribution in [3.05, 3.63) is 63.7 Å². The van der Waals surface area contributed by atoms with Crippen LogP contribution in [-0.2, 0) is 20.9 Å². The van der Waals surface area contributed by atoms with Crippen LogP contribution < -0.4 is 16.4 Å². The lowest BCUT2D eigenvalue weighted by Crippen LogP contribution is -2.44. The third-order valence-electron chi connectivity index (χ3n) is 3.61. The van der Waals surface area contributed by atoms with Crippen molar-refractivity contribution in [2.45, 2.75) is 25.5 Å². The van der Waals surface area contributed by atoms with Gasteiger partial charge in [0, 0.05) is 15.7 Å². The molecule has 0 bridgehead atoms. The number of carbonyl (C=O) groups excluding carboxylic acids is 3. The molecule has 0 fully saturated rings. The lowest BCUT2D eigenvalue weighted by Gasteiger charge is -2.18. The zero-order valence-corrected chi connectivity index (χ0v) is 16.6. The molecule has 3 amide bonds.